The number of allylic oxidation sites excluding steroid dienone is 2. The van der Waals surface area contributed by atoms with E-state index in [1.54, 1.807) is 10.4 Å². The van der Waals surface area contributed by atoms with E-state index in [1.807, 2.05) is 6.08 Å². The molecule has 0 radical (unpaired) electrons. The van der Waals surface area contributed by atoms with E-state index in [-0.39, 0.29) is 0 Å². The molecule has 0 saturated carbocycles. The standard InChI is InChI=1S/C20H22Si/c1-5-8-18-17-9-6-7-10-19(17)21(3,4)20(18)16-13-11-15(2)12-14-16/h5-7,9-14H,1,8H2,2-4H3. The van der Waals surface area contributed by atoms with E-state index < -0.39 is 8.07 Å². The molecular weight excluding hydrogens is 268 g/mol. The lowest BCUT2D eigenvalue weighted by Gasteiger charge is -2.23. The Balaban J connectivity index is 2.26. The third-order valence-electron chi connectivity index (χ3n) is 4.54. The number of hydrogen-bond acceptors (Lipinski definition) is 0. The zero-order valence-electron chi connectivity index (χ0n) is 13.1. The van der Waals surface area contributed by atoms with Crippen LogP contribution in [0.25, 0.3) is 10.8 Å². The lowest BCUT2D eigenvalue weighted by molar-refractivity contribution is 1.42. The summed E-state index contributed by atoms with van der Waals surface area (Å²) >= 11 is 0. The number of fused-ring (bicyclic) bond motifs is 1. The number of hydrogen-bond donors (Lipinski definition) is 0. The van der Waals surface area contributed by atoms with Gasteiger partial charge in [0, 0.05) is 0 Å². The maximum Gasteiger partial charge on any atom is 0.114 e. The second-order valence-corrected chi connectivity index (χ2v) is 10.7. The van der Waals surface area contributed by atoms with E-state index in [0.717, 1.165) is 6.42 Å². The van der Waals surface area contributed by atoms with Crippen LogP contribution in [0.4, 0.5) is 0 Å². The maximum atomic E-state index is 3.97. The van der Waals surface area contributed by atoms with Gasteiger partial charge in [0.05, 0.1) is 0 Å². The van der Waals surface area contributed by atoms with Crippen LogP contribution in [0, 0.1) is 6.92 Å². The molecule has 1 heteroatoms. The third-order valence-corrected chi connectivity index (χ3v) is 8.16. The van der Waals surface area contributed by atoms with Crippen molar-refractivity contribution in [1.82, 2.24) is 0 Å². The first-order valence-electron chi connectivity index (χ1n) is 7.57. The van der Waals surface area contributed by atoms with Gasteiger partial charge in [0.25, 0.3) is 0 Å². The van der Waals surface area contributed by atoms with Gasteiger partial charge in [-0.15, -0.1) is 6.58 Å². The molecule has 2 aromatic carbocycles. The number of aryl methyl sites for hydroxylation is 1. The van der Waals surface area contributed by atoms with Crippen molar-refractivity contribution in [3.05, 3.63) is 77.9 Å². The monoisotopic (exact) mass is 290 g/mol. The molecule has 1 aliphatic rings. The highest BCUT2D eigenvalue weighted by atomic mass is 28.3. The van der Waals surface area contributed by atoms with Crippen LogP contribution in [0.3, 0.4) is 0 Å². The summed E-state index contributed by atoms with van der Waals surface area (Å²) in [6.45, 7) is 11.1. The molecule has 0 N–H and O–H groups in total. The number of rotatable bonds is 3. The first-order chi connectivity index (χ1) is 10.1. The molecule has 106 valence electrons. The molecule has 0 nitrogen and oxygen atoms in total. The summed E-state index contributed by atoms with van der Waals surface area (Å²) < 4.78 is 0. The molecule has 0 spiro atoms. The van der Waals surface area contributed by atoms with Gasteiger partial charge in [0.2, 0.25) is 0 Å². The van der Waals surface area contributed by atoms with Gasteiger partial charge >= 0.3 is 0 Å². The predicted molar refractivity (Wildman–Crippen MR) is 96.4 cm³/mol. The molecule has 1 aliphatic heterocycles. The highest BCUT2D eigenvalue weighted by molar-refractivity contribution is 7.07. The second kappa shape index (κ2) is 5.16. The van der Waals surface area contributed by atoms with Crippen molar-refractivity contribution in [1.29, 1.82) is 0 Å². The lowest BCUT2D eigenvalue weighted by Crippen LogP contribution is -2.40. The summed E-state index contributed by atoms with van der Waals surface area (Å²) in [5.74, 6) is 0. The Kier molecular flexibility index (Phi) is 3.46. The van der Waals surface area contributed by atoms with Gasteiger partial charge in [-0.2, -0.15) is 0 Å². The van der Waals surface area contributed by atoms with Crippen LogP contribution in [0.1, 0.15) is 23.1 Å². The van der Waals surface area contributed by atoms with Crippen molar-refractivity contribution < 1.29 is 0 Å². The molecule has 2 aromatic rings. The zero-order chi connectivity index (χ0) is 15.0. The molecule has 0 unspecified atom stereocenters. The second-order valence-electron chi connectivity index (χ2n) is 6.38. The van der Waals surface area contributed by atoms with Gasteiger partial charge in [-0.25, -0.2) is 0 Å². The lowest BCUT2D eigenvalue weighted by atomic mass is 9.99. The molecular formula is C20H22Si. The average Bonchev–Trinajstić information content (AvgIpc) is 2.70. The van der Waals surface area contributed by atoms with Gasteiger partial charge < -0.3 is 0 Å². The molecule has 21 heavy (non-hydrogen) atoms. The fourth-order valence-corrected chi connectivity index (χ4v) is 7.12. The van der Waals surface area contributed by atoms with E-state index in [1.165, 1.54) is 22.3 Å². The van der Waals surface area contributed by atoms with Gasteiger partial charge in [0.15, 0.2) is 0 Å². The zero-order valence-corrected chi connectivity index (χ0v) is 14.1. The van der Waals surface area contributed by atoms with Gasteiger partial charge in [-0.05, 0) is 40.4 Å². The maximum absolute atomic E-state index is 3.97. The van der Waals surface area contributed by atoms with Crippen molar-refractivity contribution in [2.24, 2.45) is 0 Å². The first-order valence-corrected chi connectivity index (χ1v) is 10.6. The topological polar surface area (TPSA) is 0 Å². The van der Waals surface area contributed by atoms with Crippen LogP contribution in [0.5, 0.6) is 0 Å². The summed E-state index contributed by atoms with van der Waals surface area (Å²) in [6, 6.07) is 18.0. The van der Waals surface area contributed by atoms with Gasteiger partial charge in [-0.1, -0.05) is 73.3 Å². The largest absolute Gasteiger partial charge is 0.114 e. The Morgan fingerprint density at radius 3 is 2.33 bits per heavy atom. The van der Waals surface area contributed by atoms with E-state index in [4.69, 9.17) is 0 Å². The molecule has 0 atom stereocenters. The minimum absolute atomic E-state index is 0.955. The van der Waals surface area contributed by atoms with Gasteiger partial charge in [-0.3, -0.25) is 0 Å². The van der Waals surface area contributed by atoms with Crippen LogP contribution in [-0.4, -0.2) is 8.07 Å². The molecule has 0 amide bonds. The minimum Gasteiger partial charge on any atom is -0.103 e. The minimum atomic E-state index is -1.62. The van der Waals surface area contributed by atoms with Crippen LogP contribution in [0.2, 0.25) is 13.1 Å². The summed E-state index contributed by atoms with van der Waals surface area (Å²) in [6.07, 6.45) is 2.99. The Hall–Kier alpha value is -1.86. The molecule has 0 aromatic heterocycles. The molecule has 1 heterocycles. The van der Waals surface area contributed by atoms with Crippen molar-refractivity contribution in [3.8, 4) is 0 Å². The van der Waals surface area contributed by atoms with Crippen molar-refractivity contribution in [2.45, 2.75) is 26.4 Å². The van der Waals surface area contributed by atoms with Crippen molar-refractivity contribution in [3.63, 3.8) is 0 Å². The SMILES string of the molecule is C=CCC1=C(c2ccc(C)cc2)[Si](C)(C)c2ccccc21. The average molecular weight is 290 g/mol. The Morgan fingerprint density at radius 2 is 1.67 bits per heavy atom. The fraction of sp³-hybridized carbons (Fsp3) is 0.200. The normalized spacial score (nSPS) is 16.0. The predicted octanol–water partition coefficient (Wildman–Crippen LogP) is 4.95. The van der Waals surface area contributed by atoms with Crippen molar-refractivity contribution in [2.75, 3.05) is 0 Å². The smallest absolute Gasteiger partial charge is 0.103 e. The summed E-state index contributed by atoms with van der Waals surface area (Å²) in [7, 11) is -1.62. The van der Waals surface area contributed by atoms with Crippen LogP contribution in [-0.2, 0) is 0 Å². The Bertz CT molecular complexity index is 718. The number of benzene rings is 2. The fourth-order valence-electron chi connectivity index (χ4n) is 3.55. The third kappa shape index (κ3) is 2.22. The van der Waals surface area contributed by atoms with E-state index in [2.05, 4.69) is 75.1 Å². The Labute approximate surface area is 128 Å². The van der Waals surface area contributed by atoms with Gasteiger partial charge in [0.1, 0.15) is 8.07 Å². The molecule has 0 saturated heterocycles. The van der Waals surface area contributed by atoms with Crippen molar-refractivity contribution >= 4 is 24.0 Å². The van der Waals surface area contributed by atoms with E-state index in [0.29, 0.717) is 0 Å². The highest BCUT2D eigenvalue weighted by Crippen LogP contribution is 2.41. The van der Waals surface area contributed by atoms with E-state index in [9.17, 15) is 0 Å². The summed E-state index contributed by atoms with van der Waals surface area (Å²) in [4.78, 5) is 0. The molecule has 0 bridgehead atoms. The van der Waals surface area contributed by atoms with Crippen LogP contribution < -0.4 is 5.19 Å². The van der Waals surface area contributed by atoms with Crippen LogP contribution in [0.15, 0.2) is 61.2 Å². The molecule has 0 aliphatic carbocycles. The quantitative estimate of drug-likeness (QED) is 0.554. The summed E-state index contributed by atoms with van der Waals surface area (Å²) in [5, 5.41) is 3.15. The Morgan fingerprint density at radius 1 is 1.00 bits per heavy atom. The first kappa shape index (κ1) is 14.1. The molecule has 0 fully saturated rings. The molecule has 3 rings (SSSR count). The summed E-state index contributed by atoms with van der Waals surface area (Å²) in [5.41, 5.74) is 5.65. The highest BCUT2D eigenvalue weighted by Gasteiger charge is 2.39. The van der Waals surface area contributed by atoms with E-state index >= 15 is 0 Å². The van der Waals surface area contributed by atoms with Crippen LogP contribution >= 0.6 is 0 Å².